The van der Waals surface area contributed by atoms with Crippen molar-refractivity contribution in [2.24, 2.45) is 5.41 Å². The number of rotatable bonds is 4. The fraction of sp³-hybridized carbons (Fsp3) is 0.450. The van der Waals surface area contributed by atoms with E-state index < -0.39 is 17.6 Å². The first-order valence-electron chi connectivity index (χ1n) is 8.79. The van der Waals surface area contributed by atoms with Crippen molar-refractivity contribution in [2.45, 2.75) is 45.8 Å². The Kier molecular flexibility index (Phi) is 4.73. The van der Waals surface area contributed by atoms with Crippen molar-refractivity contribution in [1.29, 1.82) is 0 Å². The van der Waals surface area contributed by atoms with Crippen molar-refractivity contribution in [2.75, 3.05) is 6.54 Å². The van der Waals surface area contributed by atoms with Crippen LogP contribution in [0.1, 0.15) is 44.4 Å². The number of aryl methyl sites for hydroxylation is 1. The molecule has 6 heteroatoms. The van der Waals surface area contributed by atoms with Gasteiger partial charge in [0.25, 0.3) is 0 Å². The highest BCUT2D eigenvalue weighted by molar-refractivity contribution is 5.87. The molecule has 1 saturated heterocycles. The van der Waals surface area contributed by atoms with Gasteiger partial charge in [0, 0.05) is 6.54 Å². The number of fused-ring (bicyclic) bond motifs is 1. The average Bonchev–Trinajstić information content (AvgIpc) is 2.79. The molecule has 1 aliphatic rings. The third kappa shape index (κ3) is 3.43. The number of alkyl halides is 3. The van der Waals surface area contributed by atoms with Crippen molar-refractivity contribution in [3.8, 4) is 0 Å². The van der Waals surface area contributed by atoms with E-state index in [1.165, 1.54) is 6.07 Å². The summed E-state index contributed by atoms with van der Waals surface area (Å²) >= 11 is 0. The molecule has 1 unspecified atom stereocenters. The summed E-state index contributed by atoms with van der Waals surface area (Å²) in [7, 11) is 0. The van der Waals surface area contributed by atoms with Crippen LogP contribution < -0.4 is 5.43 Å². The summed E-state index contributed by atoms with van der Waals surface area (Å²) in [6.45, 7) is 5.35. The van der Waals surface area contributed by atoms with Gasteiger partial charge in [0.2, 0.25) is 5.91 Å². The fourth-order valence-corrected chi connectivity index (χ4v) is 3.53. The number of nitrogens with zero attached hydrogens (tertiary/aromatic N) is 1. The number of halogens is 3. The van der Waals surface area contributed by atoms with Crippen LogP contribution in [0.3, 0.4) is 0 Å². The molecule has 0 spiro atoms. The molecule has 1 amide bonds. The van der Waals surface area contributed by atoms with Gasteiger partial charge >= 0.3 is 6.18 Å². The lowest BCUT2D eigenvalue weighted by molar-refractivity contribution is -0.191. The zero-order chi connectivity index (χ0) is 19.1. The quantitative estimate of drug-likeness (QED) is 0.848. The Bertz CT molecular complexity index is 829. The predicted octanol–water partition coefficient (Wildman–Crippen LogP) is 4.77. The maximum atomic E-state index is 13.9. The van der Waals surface area contributed by atoms with Crippen LogP contribution in [0.25, 0.3) is 10.8 Å². The van der Waals surface area contributed by atoms with E-state index in [1.807, 2.05) is 25.1 Å². The summed E-state index contributed by atoms with van der Waals surface area (Å²) < 4.78 is 41.7. The molecule has 140 valence electrons. The highest BCUT2D eigenvalue weighted by Crippen LogP contribution is 2.41. The average molecular weight is 364 g/mol. The molecule has 2 aromatic carbocycles. The topological polar surface area (TPSA) is 32.3 Å². The third-order valence-electron chi connectivity index (χ3n) is 4.88. The van der Waals surface area contributed by atoms with Gasteiger partial charge in [-0.2, -0.15) is 13.2 Å². The molecule has 1 fully saturated rings. The minimum atomic E-state index is -4.50. The highest BCUT2D eigenvalue weighted by atomic mass is 19.4. The molecular weight excluding hydrogens is 341 g/mol. The lowest BCUT2D eigenvalue weighted by Crippen LogP contribution is -2.43. The number of nitrogens with one attached hydrogen (secondary N) is 1. The normalized spacial score (nSPS) is 18.9. The van der Waals surface area contributed by atoms with Gasteiger partial charge in [0.1, 0.15) is 6.04 Å². The Balaban J connectivity index is 2.08. The number of amides is 1. The Morgan fingerprint density at radius 3 is 2.54 bits per heavy atom. The second-order valence-corrected chi connectivity index (χ2v) is 7.54. The monoisotopic (exact) mass is 364 g/mol. The number of benzene rings is 2. The van der Waals surface area contributed by atoms with E-state index in [1.54, 1.807) is 26.0 Å². The summed E-state index contributed by atoms with van der Waals surface area (Å²) in [5.74, 6) is -0.390. The maximum absolute atomic E-state index is 13.9. The molecule has 1 N–H and O–H groups in total. The van der Waals surface area contributed by atoms with E-state index in [2.05, 4.69) is 5.43 Å². The molecule has 3 rings (SSSR count). The smallest absolute Gasteiger partial charge is 0.287 e. The van der Waals surface area contributed by atoms with Gasteiger partial charge in [0.15, 0.2) is 0 Å². The van der Waals surface area contributed by atoms with Crippen molar-refractivity contribution < 1.29 is 18.0 Å². The molecule has 1 aliphatic heterocycles. The Labute approximate surface area is 151 Å². The predicted molar refractivity (Wildman–Crippen MR) is 95.4 cm³/mol. The summed E-state index contributed by atoms with van der Waals surface area (Å²) in [5, 5.41) is 2.78. The van der Waals surface area contributed by atoms with Crippen LogP contribution in [0, 0.1) is 5.41 Å². The first kappa shape index (κ1) is 18.7. The summed E-state index contributed by atoms with van der Waals surface area (Å²) in [5.41, 5.74) is 2.74. The standard InChI is InChI=1S/C20H23F3N2O/c1-4-6-13-7-5-8-14-9-10-15(11-16(13)14)17(20(21,22)23)25-12-19(2,3)18(26)24-25/h5,7-11,17H,4,6,12H2,1-3H3,(H,24,26). The Morgan fingerprint density at radius 1 is 1.23 bits per heavy atom. The SMILES string of the molecule is CCCc1cccc2ccc(C(N3CC(C)(C)C(=O)N3)C(F)(F)F)cc12. The zero-order valence-electron chi connectivity index (χ0n) is 15.2. The first-order valence-corrected chi connectivity index (χ1v) is 8.79. The van der Waals surface area contributed by atoms with Gasteiger partial charge in [-0.25, -0.2) is 5.01 Å². The Morgan fingerprint density at radius 2 is 1.96 bits per heavy atom. The third-order valence-corrected chi connectivity index (χ3v) is 4.88. The van der Waals surface area contributed by atoms with Crippen LogP contribution in [0.4, 0.5) is 13.2 Å². The van der Waals surface area contributed by atoms with Crippen LogP contribution in [0.15, 0.2) is 36.4 Å². The lowest BCUT2D eigenvalue weighted by atomic mass is 9.93. The van der Waals surface area contributed by atoms with Crippen LogP contribution in [-0.2, 0) is 11.2 Å². The van der Waals surface area contributed by atoms with Gasteiger partial charge in [0.05, 0.1) is 5.41 Å². The van der Waals surface area contributed by atoms with Crippen molar-refractivity contribution in [1.82, 2.24) is 10.4 Å². The highest BCUT2D eigenvalue weighted by Gasteiger charge is 2.51. The number of hydrogen-bond acceptors (Lipinski definition) is 2. The second-order valence-electron chi connectivity index (χ2n) is 7.54. The number of hydrogen-bond donors (Lipinski definition) is 1. The molecule has 0 radical (unpaired) electrons. The van der Waals surface area contributed by atoms with E-state index in [0.29, 0.717) is 0 Å². The second kappa shape index (κ2) is 6.58. The Hall–Kier alpha value is -2.08. The minimum absolute atomic E-state index is 0.00462. The summed E-state index contributed by atoms with van der Waals surface area (Å²) in [6, 6.07) is 8.78. The molecule has 1 atom stereocenters. The van der Waals surface area contributed by atoms with Crippen molar-refractivity contribution >= 4 is 16.7 Å². The van der Waals surface area contributed by atoms with Gasteiger partial charge in [-0.1, -0.05) is 43.7 Å². The maximum Gasteiger partial charge on any atom is 0.409 e. The number of hydrazine groups is 1. The molecule has 0 saturated carbocycles. The largest absolute Gasteiger partial charge is 0.409 e. The molecule has 0 bridgehead atoms. The first-order chi connectivity index (χ1) is 12.1. The minimum Gasteiger partial charge on any atom is -0.287 e. The van der Waals surface area contributed by atoms with Gasteiger partial charge < -0.3 is 0 Å². The molecular formula is C20H23F3N2O. The fourth-order valence-electron chi connectivity index (χ4n) is 3.53. The van der Waals surface area contributed by atoms with Crippen LogP contribution in [0.5, 0.6) is 0 Å². The van der Waals surface area contributed by atoms with Crippen LogP contribution >= 0.6 is 0 Å². The van der Waals surface area contributed by atoms with Gasteiger partial charge in [-0.05, 0) is 48.2 Å². The number of carbonyl (C=O) groups excluding carboxylic acids is 1. The van der Waals surface area contributed by atoms with E-state index in [4.69, 9.17) is 0 Å². The van der Waals surface area contributed by atoms with Gasteiger partial charge in [-0.3, -0.25) is 10.2 Å². The van der Waals surface area contributed by atoms with E-state index in [-0.39, 0.29) is 18.0 Å². The molecule has 2 aromatic rings. The van der Waals surface area contributed by atoms with Crippen molar-refractivity contribution in [3.63, 3.8) is 0 Å². The van der Waals surface area contributed by atoms with E-state index in [0.717, 1.165) is 34.2 Å². The zero-order valence-corrected chi connectivity index (χ0v) is 15.2. The molecule has 26 heavy (non-hydrogen) atoms. The van der Waals surface area contributed by atoms with E-state index in [9.17, 15) is 18.0 Å². The van der Waals surface area contributed by atoms with Gasteiger partial charge in [-0.15, -0.1) is 0 Å². The summed E-state index contributed by atoms with van der Waals surface area (Å²) in [6.07, 6.45) is -2.77. The molecule has 0 aromatic heterocycles. The molecule has 3 nitrogen and oxygen atoms in total. The lowest BCUT2D eigenvalue weighted by Gasteiger charge is -2.30. The summed E-state index contributed by atoms with van der Waals surface area (Å²) in [4.78, 5) is 12.0. The van der Waals surface area contributed by atoms with E-state index >= 15 is 0 Å². The van der Waals surface area contributed by atoms with Crippen LogP contribution in [0.2, 0.25) is 0 Å². The van der Waals surface area contributed by atoms with Crippen LogP contribution in [-0.4, -0.2) is 23.6 Å². The van der Waals surface area contributed by atoms with Crippen molar-refractivity contribution in [3.05, 3.63) is 47.5 Å². The molecule has 1 heterocycles. The number of carbonyl (C=O) groups is 1. The molecule has 0 aliphatic carbocycles.